The first-order chi connectivity index (χ1) is 7.63. The largest absolute Gasteiger partial charge is 0.383 e. The summed E-state index contributed by atoms with van der Waals surface area (Å²) in [6.45, 7) is 0.592. The second-order valence-electron chi connectivity index (χ2n) is 3.62. The molecule has 0 bridgehead atoms. The average molecular weight is 286 g/mol. The molecule has 1 aliphatic heterocycles. The van der Waals surface area contributed by atoms with Crippen molar-refractivity contribution >= 4 is 33.6 Å². The Morgan fingerprint density at radius 3 is 3.00 bits per heavy atom. The standard InChI is InChI=1S/C9H12BrN5O/c10-6-3-7(11)15-9(14-6)13-5-1-2-8(16)12-4-5/h3,5H,1-2,4H2,(H,12,16)(H3,11,13,14,15). The molecule has 0 radical (unpaired) electrons. The smallest absolute Gasteiger partial charge is 0.225 e. The monoisotopic (exact) mass is 285 g/mol. The van der Waals surface area contributed by atoms with E-state index >= 15 is 0 Å². The van der Waals surface area contributed by atoms with Gasteiger partial charge in [-0.25, -0.2) is 4.98 Å². The van der Waals surface area contributed by atoms with Gasteiger partial charge in [-0.3, -0.25) is 4.79 Å². The van der Waals surface area contributed by atoms with E-state index in [4.69, 9.17) is 5.73 Å². The van der Waals surface area contributed by atoms with Gasteiger partial charge in [0.15, 0.2) is 0 Å². The van der Waals surface area contributed by atoms with Crippen LogP contribution >= 0.6 is 15.9 Å². The molecule has 1 atom stereocenters. The van der Waals surface area contributed by atoms with Crippen molar-refractivity contribution in [3.63, 3.8) is 0 Å². The van der Waals surface area contributed by atoms with E-state index in [0.717, 1.165) is 6.42 Å². The van der Waals surface area contributed by atoms with Crippen molar-refractivity contribution in [2.75, 3.05) is 17.6 Å². The van der Waals surface area contributed by atoms with Gasteiger partial charge in [-0.05, 0) is 22.4 Å². The molecule has 16 heavy (non-hydrogen) atoms. The third kappa shape index (κ3) is 2.82. The van der Waals surface area contributed by atoms with Crippen LogP contribution in [-0.4, -0.2) is 28.5 Å². The quantitative estimate of drug-likeness (QED) is 0.689. The fourth-order valence-electron chi connectivity index (χ4n) is 1.54. The molecule has 1 aliphatic rings. The van der Waals surface area contributed by atoms with Crippen LogP contribution in [0.2, 0.25) is 0 Å². The summed E-state index contributed by atoms with van der Waals surface area (Å²) >= 11 is 3.25. The number of halogens is 1. The number of hydrogen-bond donors (Lipinski definition) is 3. The van der Waals surface area contributed by atoms with Crippen LogP contribution in [0.15, 0.2) is 10.7 Å². The van der Waals surface area contributed by atoms with Crippen molar-refractivity contribution in [3.8, 4) is 0 Å². The van der Waals surface area contributed by atoms with Crippen LogP contribution in [0.1, 0.15) is 12.8 Å². The van der Waals surface area contributed by atoms with E-state index < -0.39 is 0 Å². The maximum atomic E-state index is 11.0. The Balaban J connectivity index is 2.00. The zero-order valence-electron chi connectivity index (χ0n) is 8.53. The van der Waals surface area contributed by atoms with E-state index in [1.54, 1.807) is 6.07 Å². The highest BCUT2D eigenvalue weighted by Crippen LogP contribution is 2.14. The van der Waals surface area contributed by atoms with Gasteiger partial charge in [-0.2, -0.15) is 4.98 Å². The Morgan fingerprint density at radius 2 is 2.38 bits per heavy atom. The molecular weight excluding hydrogens is 274 g/mol. The highest BCUT2D eigenvalue weighted by atomic mass is 79.9. The van der Waals surface area contributed by atoms with Crippen molar-refractivity contribution in [3.05, 3.63) is 10.7 Å². The van der Waals surface area contributed by atoms with Crippen LogP contribution in [-0.2, 0) is 4.79 Å². The third-order valence-electron chi connectivity index (χ3n) is 2.31. The molecule has 2 heterocycles. The van der Waals surface area contributed by atoms with E-state index in [9.17, 15) is 4.79 Å². The highest BCUT2D eigenvalue weighted by molar-refractivity contribution is 9.10. The lowest BCUT2D eigenvalue weighted by Crippen LogP contribution is -2.42. The molecule has 1 saturated heterocycles. The molecular formula is C9H12BrN5O. The van der Waals surface area contributed by atoms with Crippen LogP contribution in [0, 0.1) is 0 Å². The number of rotatable bonds is 2. The number of aromatic nitrogens is 2. The summed E-state index contributed by atoms with van der Waals surface area (Å²) in [6, 6.07) is 1.79. The Kier molecular flexibility index (Phi) is 3.23. The molecule has 6 nitrogen and oxygen atoms in total. The van der Waals surface area contributed by atoms with Gasteiger partial charge in [-0.1, -0.05) is 0 Å². The van der Waals surface area contributed by atoms with Gasteiger partial charge >= 0.3 is 0 Å². The molecule has 1 aromatic rings. The van der Waals surface area contributed by atoms with Gasteiger partial charge in [0, 0.05) is 25.1 Å². The number of hydrogen-bond acceptors (Lipinski definition) is 5. The first kappa shape index (κ1) is 11.1. The summed E-state index contributed by atoms with van der Waals surface area (Å²) in [4.78, 5) is 19.2. The summed E-state index contributed by atoms with van der Waals surface area (Å²) in [7, 11) is 0. The van der Waals surface area contributed by atoms with Crippen LogP contribution in [0.25, 0.3) is 0 Å². The predicted octanol–water partition coefficient (Wildman–Crippen LogP) is 0.512. The Bertz CT molecular complexity index is 381. The average Bonchev–Trinajstić information content (AvgIpc) is 2.20. The van der Waals surface area contributed by atoms with Gasteiger partial charge < -0.3 is 16.4 Å². The van der Waals surface area contributed by atoms with E-state index in [1.807, 2.05) is 0 Å². The maximum Gasteiger partial charge on any atom is 0.225 e. The van der Waals surface area contributed by atoms with E-state index in [1.165, 1.54) is 0 Å². The Hall–Kier alpha value is -1.37. The van der Waals surface area contributed by atoms with Gasteiger partial charge in [0.1, 0.15) is 10.4 Å². The maximum absolute atomic E-state index is 11.0. The summed E-state index contributed by atoms with van der Waals surface area (Å²) < 4.78 is 0.641. The topological polar surface area (TPSA) is 92.9 Å². The van der Waals surface area contributed by atoms with Gasteiger partial charge in [0.25, 0.3) is 0 Å². The number of carbonyl (C=O) groups excluding carboxylic acids is 1. The lowest BCUT2D eigenvalue weighted by molar-refractivity contribution is -0.122. The molecule has 1 aromatic heterocycles. The lowest BCUT2D eigenvalue weighted by Gasteiger charge is -2.23. The minimum atomic E-state index is 0.0905. The van der Waals surface area contributed by atoms with Crippen molar-refractivity contribution in [2.24, 2.45) is 0 Å². The number of nitrogens with two attached hydrogens (primary N) is 1. The zero-order valence-corrected chi connectivity index (χ0v) is 10.1. The number of anilines is 2. The number of nitrogen functional groups attached to an aromatic ring is 1. The summed E-state index contributed by atoms with van der Waals surface area (Å²) in [5, 5.41) is 5.92. The number of piperidine rings is 1. The summed E-state index contributed by atoms with van der Waals surface area (Å²) in [5.41, 5.74) is 5.60. The normalized spacial score (nSPS) is 20.3. The van der Waals surface area contributed by atoms with Crippen LogP contribution < -0.4 is 16.4 Å². The molecule has 0 spiro atoms. The molecule has 1 amide bonds. The second kappa shape index (κ2) is 4.65. The molecule has 7 heteroatoms. The zero-order chi connectivity index (χ0) is 11.5. The van der Waals surface area contributed by atoms with Gasteiger partial charge in [-0.15, -0.1) is 0 Å². The van der Waals surface area contributed by atoms with E-state index in [-0.39, 0.29) is 11.9 Å². The fourth-order valence-corrected chi connectivity index (χ4v) is 1.94. The molecule has 1 fully saturated rings. The molecule has 86 valence electrons. The minimum absolute atomic E-state index is 0.0905. The molecule has 0 aliphatic carbocycles. The van der Waals surface area contributed by atoms with E-state index in [0.29, 0.717) is 29.3 Å². The van der Waals surface area contributed by atoms with Crippen molar-refractivity contribution < 1.29 is 4.79 Å². The molecule has 0 saturated carbocycles. The number of carbonyl (C=O) groups is 1. The van der Waals surface area contributed by atoms with Crippen LogP contribution in [0.4, 0.5) is 11.8 Å². The third-order valence-corrected chi connectivity index (χ3v) is 2.72. The van der Waals surface area contributed by atoms with Crippen molar-refractivity contribution in [1.82, 2.24) is 15.3 Å². The predicted molar refractivity (Wildman–Crippen MR) is 63.8 cm³/mol. The molecule has 1 unspecified atom stereocenters. The molecule has 0 aromatic carbocycles. The Morgan fingerprint density at radius 1 is 1.56 bits per heavy atom. The second-order valence-corrected chi connectivity index (χ2v) is 4.44. The number of amides is 1. The first-order valence-corrected chi connectivity index (χ1v) is 5.76. The molecule has 4 N–H and O–H groups in total. The Labute approximate surface area is 101 Å². The van der Waals surface area contributed by atoms with Gasteiger partial charge in [0.05, 0.1) is 0 Å². The minimum Gasteiger partial charge on any atom is -0.383 e. The first-order valence-electron chi connectivity index (χ1n) is 4.97. The number of nitrogens with zero attached hydrogens (tertiary/aromatic N) is 2. The number of nitrogens with one attached hydrogen (secondary N) is 2. The lowest BCUT2D eigenvalue weighted by atomic mass is 10.1. The summed E-state index contributed by atoms with van der Waals surface area (Å²) in [6.07, 6.45) is 1.31. The van der Waals surface area contributed by atoms with Crippen molar-refractivity contribution in [2.45, 2.75) is 18.9 Å². The van der Waals surface area contributed by atoms with Crippen LogP contribution in [0.5, 0.6) is 0 Å². The van der Waals surface area contributed by atoms with Gasteiger partial charge in [0.2, 0.25) is 11.9 Å². The highest BCUT2D eigenvalue weighted by Gasteiger charge is 2.18. The fraction of sp³-hybridized carbons (Fsp3) is 0.444. The van der Waals surface area contributed by atoms with E-state index in [2.05, 4.69) is 36.5 Å². The van der Waals surface area contributed by atoms with Crippen molar-refractivity contribution in [1.29, 1.82) is 0 Å². The van der Waals surface area contributed by atoms with Crippen LogP contribution in [0.3, 0.4) is 0 Å². The molecule has 2 rings (SSSR count). The SMILES string of the molecule is Nc1cc(Br)nc(NC2CCC(=O)NC2)n1. The summed E-state index contributed by atoms with van der Waals surface area (Å²) in [5.74, 6) is 0.977.